The Morgan fingerprint density at radius 1 is 1.38 bits per heavy atom. The fraction of sp³-hybridized carbons (Fsp3) is 0.571. The van der Waals surface area contributed by atoms with E-state index in [-0.39, 0.29) is 0 Å². The number of hydrogen-bond donors (Lipinski definition) is 1. The van der Waals surface area contributed by atoms with Crippen LogP contribution >= 0.6 is 0 Å². The Bertz CT molecular complexity index is 398. The monoisotopic (exact) mass is 219 g/mol. The maximum absolute atomic E-state index is 5.82. The quantitative estimate of drug-likeness (QED) is 0.848. The number of aryl methyl sites for hydroxylation is 1. The molecule has 1 fully saturated rings. The van der Waals surface area contributed by atoms with Crippen LogP contribution in [-0.2, 0) is 0 Å². The maximum Gasteiger partial charge on any atom is 0.119 e. The van der Waals surface area contributed by atoms with E-state index in [0.29, 0.717) is 17.3 Å². The summed E-state index contributed by atoms with van der Waals surface area (Å²) >= 11 is 0. The molecule has 2 nitrogen and oxygen atoms in total. The summed E-state index contributed by atoms with van der Waals surface area (Å²) in [5, 5.41) is 0. The summed E-state index contributed by atoms with van der Waals surface area (Å²) in [7, 11) is 1.71. The molecule has 1 aliphatic carbocycles. The summed E-state index contributed by atoms with van der Waals surface area (Å²) in [4.78, 5) is 0. The highest BCUT2D eigenvalue weighted by Gasteiger charge is 2.57. The standard InChI is InChI=1S/C14H21NO/c1-9-7-10(16-4)5-6-11(9)13-12(8-15)14(13,2)3/h5-7,12-13H,8,15H2,1-4H3. The second-order valence-electron chi connectivity index (χ2n) is 5.36. The van der Waals surface area contributed by atoms with E-state index in [1.54, 1.807) is 7.11 Å². The molecule has 2 heteroatoms. The van der Waals surface area contributed by atoms with Gasteiger partial charge in [0, 0.05) is 0 Å². The molecule has 0 saturated heterocycles. The molecule has 0 aromatic heterocycles. The van der Waals surface area contributed by atoms with Gasteiger partial charge >= 0.3 is 0 Å². The Kier molecular flexibility index (Phi) is 2.70. The van der Waals surface area contributed by atoms with Crippen LogP contribution in [0.5, 0.6) is 5.75 Å². The molecule has 0 amide bonds. The first-order chi connectivity index (χ1) is 7.52. The lowest BCUT2D eigenvalue weighted by atomic mass is 9.99. The lowest BCUT2D eigenvalue weighted by Crippen LogP contribution is -2.05. The Morgan fingerprint density at radius 3 is 2.50 bits per heavy atom. The highest BCUT2D eigenvalue weighted by atomic mass is 16.5. The lowest BCUT2D eigenvalue weighted by molar-refractivity contribution is 0.414. The van der Waals surface area contributed by atoms with Gasteiger partial charge in [-0.15, -0.1) is 0 Å². The summed E-state index contributed by atoms with van der Waals surface area (Å²) in [5.74, 6) is 2.17. The van der Waals surface area contributed by atoms with Crippen LogP contribution in [0.2, 0.25) is 0 Å². The molecule has 1 aliphatic rings. The van der Waals surface area contributed by atoms with E-state index in [9.17, 15) is 0 Å². The molecule has 88 valence electrons. The molecule has 2 unspecified atom stereocenters. The van der Waals surface area contributed by atoms with E-state index in [1.165, 1.54) is 11.1 Å². The molecular weight excluding hydrogens is 198 g/mol. The van der Waals surface area contributed by atoms with Crippen molar-refractivity contribution < 1.29 is 4.74 Å². The topological polar surface area (TPSA) is 35.2 Å². The largest absolute Gasteiger partial charge is 0.497 e. The van der Waals surface area contributed by atoms with Gasteiger partial charge in [-0.2, -0.15) is 0 Å². The van der Waals surface area contributed by atoms with Gasteiger partial charge in [-0.1, -0.05) is 19.9 Å². The van der Waals surface area contributed by atoms with Crippen molar-refractivity contribution in [2.75, 3.05) is 13.7 Å². The summed E-state index contributed by atoms with van der Waals surface area (Å²) in [6.45, 7) is 7.54. The smallest absolute Gasteiger partial charge is 0.119 e. The van der Waals surface area contributed by atoms with Crippen LogP contribution in [0.3, 0.4) is 0 Å². The first-order valence-corrected chi connectivity index (χ1v) is 5.87. The average Bonchev–Trinajstić information content (AvgIpc) is 2.80. The highest BCUT2D eigenvalue weighted by molar-refractivity contribution is 5.42. The number of nitrogens with two attached hydrogens (primary N) is 1. The van der Waals surface area contributed by atoms with Crippen LogP contribution in [0, 0.1) is 18.3 Å². The van der Waals surface area contributed by atoms with E-state index < -0.39 is 0 Å². The summed E-state index contributed by atoms with van der Waals surface area (Å²) in [5.41, 5.74) is 8.92. The van der Waals surface area contributed by atoms with Crippen LogP contribution in [0.25, 0.3) is 0 Å². The van der Waals surface area contributed by atoms with Gasteiger partial charge in [-0.05, 0) is 54.0 Å². The van der Waals surface area contributed by atoms with Gasteiger partial charge in [-0.3, -0.25) is 0 Å². The van der Waals surface area contributed by atoms with Crippen molar-refractivity contribution in [3.63, 3.8) is 0 Å². The van der Waals surface area contributed by atoms with Gasteiger partial charge in [0.2, 0.25) is 0 Å². The third-order valence-electron chi connectivity index (χ3n) is 4.12. The van der Waals surface area contributed by atoms with E-state index in [4.69, 9.17) is 10.5 Å². The van der Waals surface area contributed by atoms with Crippen LogP contribution in [0.15, 0.2) is 18.2 Å². The molecule has 0 bridgehead atoms. The summed E-state index contributed by atoms with van der Waals surface area (Å²) < 4.78 is 5.23. The number of methoxy groups -OCH3 is 1. The minimum atomic E-state index is 0.355. The molecule has 1 aromatic carbocycles. The Balaban J connectivity index is 2.30. The van der Waals surface area contributed by atoms with Gasteiger partial charge in [0.15, 0.2) is 0 Å². The second kappa shape index (κ2) is 3.77. The third-order valence-corrected chi connectivity index (χ3v) is 4.12. The summed E-state index contributed by atoms with van der Waals surface area (Å²) in [6, 6.07) is 6.35. The lowest BCUT2D eigenvalue weighted by Gasteiger charge is -2.09. The normalized spacial score (nSPS) is 26.6. The third kappa shape index (κ3) is 1.61. The Labute approximate surface area is 97.8 Å². The van der Waals surface area contributed by atoms with Crippen molar-refractivity contribution in [1.82, 2.24) is 0 Å². The molecular formula is C14H21NO. The van der Waals surface area contributed by atoms with Crippen LogP contribution in [0.1, 0.15) is 30.9 Å². The van der Waals surface area contributed by atoms with E-state index in [2.05, 4.69) is 32.9 Å². The number of benzene rings is 1. The fourth-order valence-electron chi connectivity index (χ4n) is 2.93. The molecule has 2 atom stereocenters. The van der Waals surface area contributed by atoms with Crippen molar-refractivity contribution in [3.8, 4) is 5.75 Å². The number of hydrogen-bond acceptors (Lipinski definition) is 2. The van der Waals surface area contributed by atoms with Gasteiger partial charge in [0.05, 0.1) is 7.11 Å². The molecule has 0 radical (unpaired) electrons. The maximum atomic E-state index is 5.82. The zero-order valence-corrected chi connectivity index (χ0v) is 10.6. The predicted octanol–water partition coefficient (Wildman–Crippen LogP) is 2.70. The molecule has 16 heavy (non-hydrogen) atoms. The van der Waals surface area contributed by atoms with Crippen molar-refractivity contribution in [2.24, 2.45) is 17.1 Å². The van der Waals surface area contributed by atoms with Crippen molar-refractivity contribution in [1.29, 1.82) is 0 Å². The number of ether oxygens (including phenoxy) is 1. The first kappa shape index (κ1) is 11.5. The van der Waals surface area contributed by atoms with E-state index in [0.717, 1.165) is 12.3 Å². The van der Waals surface area contributed by atoms with Gasteiger partial charge in [-0.25, -0.2) is 0 Å². The van der Waals surface area contributed by atoms with Crippen LogP contribution in [-0.4, -0.2) is 13.7 Å². The van der Waals surface area contributed by atoms with Gasteiger partial charge in [0.25, 0.3) is 0 Å². The zero-order valence-electron chi connectivity index (χ0n) is 10.6. The van der Waals surface area contributed by atoms with Gasteiger partial charge in [0.1, 0.15) is 5.75 Å². The Morgan fingerprint density at radius 2 is 2.06 bits per heavy atom. The van der Waals surface area contributed by atoms with Crippen molar-refractivity contribution in [3.05, 3.63) is 29.3 Å². The number of rotatable bonds is 3. The Hall–Kier alpha value is -1.02. The van der Waals surface area contributed by atoms with E-state index >= 15 is 0 Å². The SMILES string of the molecule is COc1ccc(C2C(CN)C2(C)C)c(C)c1. The molecule has 0 aliphatic heterocycles. The van der Waals surface area contributed by atoms with Crippen molar-refractivity contribution >= 4 is 0 Å². The minimum Gasteiger partial charge on any atom is -0.497 e. The van der Waals surface area contributed by atoms with E-state index in [1.807, 2.05) is 6.07 Å². The van der Waals surface area contributed by atoms with Crippen molar-refractivity contribution in [2.45, 2.75) is 26.7 Å². The highest BCUT2D eigenvalue weighted by Crippen LogP contribution is 2.64. The fourth-order valence-corrected chi connectivity index (χ4v) is 2.93. The molecule has 1 saturated carbocycles. The molecule has 2 rings (SSSR count). The predicted molar refractivity (Wildman–Crippen MR) is 66.8 cm³/mol. The zero-order chi connectivity index (χ0) is 11.9. The minimum absolute atomic E-state index is 0.355. The van der Waals surface area contributed by atoms with Crippen LogP contribution < -0.4 is 10.5 Å². The second-order valence-corrected chi connectivity index (χ2v) is 5.36. The van der Waals surface area contributed by atoms with Gasteiger partial charge < -0.3 is 10.5 Å². The molecule has 2 N–H and O–H groups in total. The molecule has 1 aromatic rings. The summed E-state index contributed by atoms with van der Waals surface area (Å²) in [6.07, 6.45) is 0. The molecule has 0 spiro atoms. The van der Waals surface area contributed by atoms with Crippen LogP contribution in [0.4, 0.5) is 0 Å². The average molecular weight is 219 g/mol. The first-order valence-electron chi connectivity index (χ1n) is 5.87. The molecule has 0 heterocycles.